The molecule has 15 heavy (non-hydrogen) atoms. The number of hydrogen-bond acceptors (Lipinski definition) is 3. The van der Waals surface area contributed by atoms with E-state index in [1.54, 1.807) is 6.92 Å². The molecule has 1 amide bonds. The zero-order valence-corrected chi connectivity index (χ0v) is 10.9. The Bertz CT molecular complexity index is 197. The largest absolute Gasteiger partial charge is 0.450 e. The second-order valence-electron chi connectivity index (χ2n) is 2.79. The van der Waals surface area contributed by atoms with Crippen LogP contribution < -0.4 is 10.6 Å². The van der Waals surface area contributed by atoms with E-state index >= 15 is 0 Å². The number of alkyl carbamates (subject to hydrolysis) is 1. The first kappa shape index (κ1) is 15.1. The quantitative estimate of drug-likeness (QED) is 0.599. The highest BCUT2D eigenvalue weighted by Crippen LogP contribution is 2.29. The molecule has 0 saturated carbocycles. The monoisotopic (exact) mass is 276 g/mol. The van der Waals surface area contributed by atoms with Crippen LogP contribution in [-0.4, -0.2) is 29.2 Å². The number of ether oxygens (including phenoxy) is 1. The van der Waals surface area contributed by atoms with Crippen LogP contribution >= 0.6 is 34.8 Å². The van der Waals surface area contributed by atoms with E-state index in [2.05, 4.69) is 15.4 Å². The van der Waals surface area contributed by atoms with Crippen molar-refractivity contribution >= 4 is 40.9 Å². The topological polar surface area (TPSA) is 50.4 Å². The number of amides is 1. The molecule has 0 aromatic rings. The van der Waals surface area contributed by atoms with E-state index in [4.69, 9.17) is 34.8 Å². The molecule has 0 heterocycles. The first-order chi connectivity index (χ1) is 6.91. The second kappa shape index (κ2) is 7.39. The maximum absolute atomic E-state index is 11.1. The van der Waals surface area contributed by atoms with Crippen LogP contribution in [0.4, 0.5) is 4.79 Å². The highest BCUT2D eigenvalue weighted by molar-refractivity contribution is 6.68. The normalized spacial score (nSPS) is 13.4. The van der Waals surface area contributed by atoms with Crippen molar-refractivity contribution in [1.29, 1.82) is 0 Å². The molecule has 1 unspecified atom stereocenters. The smallest absolute Gasteiger partial charge is 0.408 e. The Balaban J connectivity index is 4.18. The molecule has 7 heteroatoms. The summed E-state index contributed by atoms with van der Waals surface area (Å²) in [5.41, 5.74) is 0. The van der Waals surface area contributed by atoms with Crippen LogP contribution in [0, 0.1) is 0 Å². The number of hydrogen-bond donors (Lipinski definition) is 2. The zero-order valence-electron chi connectivity index (χ0n) is 8.65. The van der Waals surface area contributed by atoms with Gasteiger partial charge in [0.25, 0.3) is 0 Å². The summed E-state index contributed by atoms with van der Waals surface area (Å²) in [6.07, 6.45) is -0.513. The maximum atomic E-state index is 11.1. The number of alkyl halides is 3. The molecule has 0 aliphatic rings. The summed E-state index contributed by atoms with van der Waals surface area (Å²) < 4.78 is 3.07. The van der Waals surface area contributed by atoms with Gasteiger partial charge >= 0.3 is 6.09 Å². The molecule has 0 bridgehead atoms. The number of halogens is 3. The summed E-state index contributed by atoms with van der Waals surface area (Å²) in [6, 6.07) is 0. The van der Waals surface area contributed by atoms with Crippen LogP contribution in [0.15, 0.2) is 0 Å². The van der Waals surface area contributed by atoms with Gasteiger partial charge < -0.3 is 10.1 Å². The minimum Gasteiger partial charge on any atom is -0.450 e. The van der Waals surface area contributed by atoms with E-state index in [0.717, 1.165) is 6.42 Å². The van der Waals surface area contributed by atoms with E-state index < -0.39 is 16.1 Å². The van der Waals surface area contributed by atoms with Crippen LogP contribution in [0.1, 0.15) is 20.3 Å². The number of rotatable bonds is 5. The van der Waals surface area contributed by atoms with Crippen molar-refractivity contribution in [2.75, 3.05) is 13.2 Å². The SMILES string of the molecule is CCCNC(NC(=O)OCC)C(Cl)(Cl)Cl. The van der Waals surface area contributed by atoms with Gasteiger partial charge in [-0.25, -0.2) is 4.79 Å². The van der Waals surface area contributed by atoms with Crippen molar-refractivity contribution < 1.29 is 9.53 Å². The Morgan fingerprint density at radius 3 is 2.40 bits per heavy atom. The Labute approximate surface area is 105 Å². The fourth-order valence-corrected chi connectivity index (χ4v) is 1.22. The summed E-state index contributed by atoms with van der Waals surface area (Å²) in [4.78, 5) is 11.1. The van der Waals surface area contributed by atoms with Crippen molar-refractivity contribution in [3.8, 4) is 0 Å². The van der Waals surface area contributed by atoms with Crippen LogP contribution in [0.3, 0.4) is 0 Å². The van der Waals surface area contributed by atoms with Gasteiger partial charge in [0.2, 0.25) is 3.79 Å². The van der Waals surface area contributed by atoms with Gasteiger partial charge in [-0.3, -0.25) is 5.32 Å². The zero-order chi connectivity index (χ0) is 11.9. The molecule has 0 aliphatic carbocycles. The third-order valence-corrected chi connectivity index (χ3v) is 2.12. The maximum Gasteiger partial charge on any atom is 0.408 e. The molecule has 0 rings (SSSR count). The van der Waals surface area contributed by atoms with Crippen molar-refractivity contribution in [2.45, 2.75) is 30.2 Å². The molecule has 1 atom stereocenters. The van der Waals surface area contributed by atoms with Crippen LogP contribution in [0.2, 0.25) is 0 Å². The van der Waals surface area contributed by atoms with Gasteiger partial charge in [-0.2, -0.15) is 0 Å². The van der Waals surface area contributed by atoms with Gasteiger partial charge in [0.1, 0.15) is 6.17 Å². The highest BCUT2D eigenvalue weighted by Gasteiger charge is 2.33. The van der Waals surface area contributed by atoms with Gasteiger partial charge in [0.15, 0.2) is 0 Å². The Morgan fingerprint density at radius 2 is 2.00 bits per heavy atom. The number of carbonyl (C=O) groups is 1. The Kier molecular flexibility index (Phi) is 7.44. The lowest BCUT2D eigenvalue weighted by molar-refractivity contribution is 0.146. The summed E-state index contributed by atoms with van der Waals surface area (Å²) in [5.74, 6) is 0. The van der Waals surface area contributed by atoms with Gasteiger partial charge in [-0.05, 0) is 19.9 Å². The first-order valence-corrected chi connectivity index (χ1v) is 5.78. The molecule has 0 aromatic heterocycles. The highest BCUT2D eigenvalue weighted by atomic mass is 35.6. The molecule has 0 radical (unpaired) electrons. The summed E-state index contributed by atoms with van der Waals surface area (Å²) in [5, 5.41) is 5.32. The van der Waals surface area contributed by atoms with Crippen molar-refractivity contribution in [3.63, 3.8) is 0 Å². The lowest BCUT2D eigenvalue weighted by atomic mass is 10.4. The first-order valence-electron chi connectivity index (χ1n) is 4.65. The summed E-state index contributed by atoms with van der Waals surface area (Å²) >= 11 is 17.0. The molecule has 0 spiro atoms. The average molecular weight is 278 g/mol. The predicted octanol–water partition coefficient (Wildman–Crippen LogP) is 2.43. The van der Waals surface area contributed by atoms with Gasteiger partial charge in [0, 0.05) is 0 Å². The predicted molar refractivity (Wildman–Crippen MR) is 62.5 cm³/mol. The molecular formula is C8H15Cl3N2O2. The summed E-state index contributed by atoms with van der Waals surface area (Å²) in [6.45, 7) is 4.56. The fourth-order valence-electron chi connectivity index (χ4n) is 0.828. The molecule has 0 aliphatic heterocycles. The molecule has 0 fully saturated rings. The van der Waals surface area contributed by atoms with Crippen LogP contribution in [-0.2, 0) is 4.74 Å². The van der Waals surface area contributed by atoms with Crippen molar-refractivity contribution in [2.24, 2.45) is 0 Å². The van der Waals surface area contributed by atoms with E-state index in [9.17, 15) is 4.79 Å². The third kappa shape index (κ3) is 7.06. The Morgan fingerprint density at radius 1 is 1.40 bits per heavy atom. The van der Waals surface area contributed by atoms with Gasteiger partial charge in [0.05, 0.1) is 6.61 Å². The van der Waals surface area contributed by atoms with Gasteiger partial charge in [-0.1, -0.05) is 41.7 Å². The van der Waals surface area contributed by atoms with E-state index in [-0.39, 0.29) is 6.61 Å². The van der Waals surface area contributed by atoms with Crippen molar-refractivity contribution in [1.82, 2.24) is 10.6 Å². The molecule has 90 valence electrons. The molecule has 2 N–H and O–H groups in total. The number of carbonyl (C=O) groups excluding carboxylic acids is 1. The molecule has 0 saturated heterocycles. The third-order valence-electron chi connectivity index (χ3n) is 1.46. The average Bonchev–Trinajstić information content (AvgIpc) is 2.10. The second-order valence-corrected chi connectivity index (χ2v) is 5.16. The van der Waals surface area contributed by atoms with Crippen molar-refractivity contribution in [3.05, 3.63) is 0 Å². The van der Waals surface area contributed by atoms with Crippen LogP contribution in [0.25, 0.3) is 0 Å². The lowest BCUT2D eigenvalue weighted by Crippen LogP contribution is -2.53. The fraction of sp³-hybridized carbons (Fsp3) is 0.875. The lowest BCUT2D eigenvalue weighted by Gasteiger charge is -2.25. The van der Waals surface area contributed by atoms with E-state index in [0.29, 0.717) is 6.54 Å². The molecule has 4 nitrogen and oxygen atoms in total. The minimum absolute atomic E-state index is 0.270. The minimum atomic E-state index is -1.61. The van der Waals surface area contributed by atoms with E-state index in [1.165, 1.54) is 0 Å². The number of nitrogens with one attached hydrogen (secondary N) is 2. The Hall–Kier alpha value is 0.1000. The molecule has 0 aromatic carbocycles. The van der Waals surface area contributed by atoms with Gasteiger partial charge in [-0.15, -0.1) is 0 Å². The standard InChI is InChI=1S/C8H15Cl3N2O2/c1-3-5-12-6(8(9,10)11)13-7(14)15-4-2/h6,12H,3-5H2,1-2H3,(H,13,14). The van der Waals surface area contributed by atoms with E-state index in [1.807, 2.05) is 6.92 Å². The van der Waals surface area contributed by atoms with Crippen LogP contribution in [0.5, 0.6) is 0 Å². The molecular weight excluding hydrogens is 262 g/mol. The summed E-state index contributed by atoms with van der Waals surface area (Å²) in [7, 11) is 0.